The number of amides is 3. The van der Waals surface area contributed by atoms with Gasteiger partial charge in [-0.2, -0.15) is 0 Å². The number of halogens is 2. The zero-order valence-electron chi connectivity index (χ0n) is 21.2. The molecule has 0 unspecified atom stereocenters. The summed E-state index contributed by atoms with van der Waals surface area (Å²) in [4.78, 5) is 51.9. The summed E-state index contributed by atoms with van der Waals surface area (Å²) in [5.74, 6) is -2.30. The lowest BCUT2D eigenvalue weighted by atomic mass is 10.1. The van der Waals surface area contributed by atoms with Crippen molar-refractivity contribution in [2.45, 2.75) is 26.7 Å². The molecule has 200 valence electrons. The summed E-state index contributed by atoms with van der Waals surface area (Å²) in [6, 6.07) is 17.6. The monoisotopic (exact) mass is 565 g/mol. The fourth-order valence-electron chi connectivity index (χ4n) is 3.73. The summed E-state index contributed by atoms with van der Waals surface area (Å²) in [5.41, 5.74) is 2.54. The highest BCUT2D eigenvalue weighted by Crippen LogP contribution is 2.31. The number of carbonyl (C=O) groups is 4. The lowest BCUT2D eigenvalue weighted by Crippen LogP contribution is -2.32. The van der Waals surface area contributed by atoms with Crippen LogP contribution in [0, 0.1) is 6.92 Å². The van der Waals surface area contributed by atoms with Crippen LogP contribution < -0.4 is 15.5 Å². The van der Waals surface area contributed by atoms with Gasteiger partial charge < -0.3 is 15.4 Å². The third kappa shape index (κ3) is 6.30. The van der Waals surface area contributed by atoms with E-state index in [4.69, 9.17) is 27.9 Å². The van der Waals surface area contributed by atoms with Crippen LogP contribution in [0.5, 0.6) is 0 Å². The number of hydrogen-bond acceptors (Lipinski definition) is 6. The standard InChI is InChI=1S/C29H25Cl2N3O5/c1-3-4-14-39-29(38)19-6-5-7-22(15-19)34-27(36)24(31)25(28(34)37)32-20-12-9-18(10-13-20)26(35)33-21-11-8-17(2)23(30)16-21/h5-13,15-16,32H,3-4,14H2,1-2H3,(H,33,35). The number of imide groups is 1. The number of hydrogen-bond donors (Lipinski definition) is 2. The second-order valence-electron chi connectivity index (χ2n) is 8.79. The molecule has 0 fully saturated rings. The SMILES string of the molecule is CCCCOC(=O)c1cccc(N2C(=O)C(Cl)=C(Nc3ccc(C(=O)Nc4ccc(C)c(Cl)c4)cc3)C2=O)c1. The number of benzene rings is 3. The van der Waals surface area contributed by atoms with E-state index in [-0.39, 0.29) is 34.5 Å². The van der Waals surface area contributed by atoms with Crippen LogP contribution >= 0.6 is 23.2 Å². The lowest BCUT2D eigenvalue weighted by Gasteiger charge is -2.16. The van der Waals surface area contributed by atoms with E-state index in [1.54, 1.807) is 54.6 Å². The van der Waals surface area contributed by atoms with Gasteiger partial charge in [0.25, 0.3) is 17.7 Å². The number of nitrogens with zero attached hydrogens (tertiary/aromatic N) is 1. The van der Waals surface area contributed by atoms with Gasteiger partial charge in [0.2, 0.25) is 0 Å². The van der Waals surface area contributed by atoms with Crippen LogP contribution in [-0.4, -0.2) is 30.3 Å². The number of nitrogens with one attached hydrogen (secondary N) is 2. The molecule has 39 heavy (non-hydrogen) atoms. The molecule has 0 aliphatic carbocycles. The largest absolute Gasteiger partial charge is 0.462 e. The van der Waals surface area contributed by atoms with Gasteiger partial charge in [0, 0.05) is 22.0 Å². The van der Waals surface area contributed by atoms with Crippen molar-refractivity contribution in [1.82, 2.24) is 0 Å². The van der Waals surface area contributed by atoms with Crippen molar-refractivity contribution in [3.8, 4) is 0 Å². The number of unbranched alkanes of at least 4 members (excludes halogenated alkanes) is 1. The molecule has 0 spiro atoms. The molecule has 0 radical (unpaired) electrons. The van der Waals surface area contributed by atoms with E-state index in [0.29, 0.717) is 22.0 Å². The van der Waals surface area contributed by atoms with E-state index in [1.165, 1.54) is 12.1 Å². The van der Waals surface area contributed by atoms with Gasteiger partial charge in [0.1, 0.15) is 10.7 Å². The molecular formula is C29H25Cl2N3O5. The van der Waals surface area contributed by atoms with Crippen LogP contribution in [-0.2, 0) is 14.3 Å². The Bertz CT molecular complexity index is 1480. The predicted molar refractivity (Wildman–Crippen MR) is 151 cm³/mol. The normalized spacial score (nSPS) is 13.1. The Hall–Kier alpha value is -4.14. The molecule has 3 aromatic carbocycles. The Morgan fingerprint density at radius 1 is 0.897 bits per heavy atom. The molecule has 3 amide bonds. The minimum Gasteiger partial charge on any atom is -0.462 e. The second kappa shape index (κ2) is 12.1. The smallest absolute Gasteiger partial charge is 0.338 e. The Kier molecular flexibility index (Phi) is 8.69. The van der Waals surface area contributed by atoms with Crippen LogP contribution in [0.25, 0.3) is 0 Å². The average molecular weight is 566 g/mol. The first kappa shape index (κ1) is 27.9. The van der Waals surface area contributed by atoms with Crippen molar-refractivity contribution in [3.63, 3.8) is 0 Å². The van der Waals surface area contributed by atoms with Gasteiger partial charge in [-0.15, -0.1) is 0 Å². The van der Waals surface area contributed by atoms with Gasteiger partial charge in [-0.25, -0.2) is 9.69 Å². The summed E-state index contributed by atoms with van der Waals surface area (Å²) >= 11 is 12.4. The maximum absolute atomic E-state index is 13.2. The summed E-state index contributed by atoms with van der Waals surface area (Å²) in [6.07, 6.45) is 1.61. The van der Waals surface area contributed by atoms with E-state index in [0.717, 1.165) is 23.3 Å². The van der Waals surface area contributed by atoms with Crippen molar-refractivity contribution < 1.29 is 23.9 Å². The van der Waals surface area contributed by atoms with Crippen LogP contribution in [0.4, 0.5) is 17.1 Å². The molecule has 10 heteroatoms. The summed E-state index contributed by atoms with van der Waals surface area (Å²) < 4.78 is 5.22. The summed E-state index contributed by atoms with van der Waals surface area (Å²) in [7, 11) is 0. The highest BCUT2D eigenvalue weighted by molar-refractivity contribution is 6.53. The average Bonchev–Trinajstić information content (AvgIpc) is 3.14. The van der Waals surface area contributed by atoms with Gasteiger partial charge in [-0.3, -0.25) is 14.4 Å². The van der Waals surface area contributed by atoms with Gasteiger partial charge in [-0.1, -0.05) is 48.7 Å². The maximum Gasteiger partial charge on any atom is 0.338 e. The number of anilines is 3. The minimum absolute atomic E-state index is 0.121. The quantitative estimate of drug-likeness (QED) is 0.179. The van der Waals surface area contributed by atoms with Crippen molar-refractivity contribution in [2.75, 3.05) is 22.1 Å². The molecule has 1 aliphatic rings. The molecular weight excluding hydrogens is 541 g/mol. The van der Waals surface area contributed by atoms with Gasteiger partial charge in [0.15, 0.2) is 0 Å². The molecule has 0 bridgehead atoms. The third-order valence-electron chi connectivity index (χ3n) is 5.94. The van der Waals surface area contributed by atoms with Crippen molar-refractivity contribution in [2.24, 2.45) is 0 Å². The highest BCUT2D eigenvalue weighted by atomic mass is 35.5. The zero-order valence-corrected chi connectivity index (χ0v) is 22.7. The zero-order chi connectivity index (χ0) is 28.1. The first-order valence-electron chi connectivity index (χ1n) is 12.2. The van der Waals surface area contributed by atoms with Gasteiger partial charge in [-0.05, 0) is 73.5 Å². The van der Waals surface area contributed by atoms with Crippen molar-refractivity contribution in [1.29, 1.82) is 0 Å². The molecule has 0 saturated heterocycles. The van der Waals surface area contributed by atoms with Crippen LogP contribution in [0.3, 0.4) is 0 Å². The number of esters is 1. The van der Waals surface area contributed by atoms with E-state index in [9.17, 15) is 19.2 Å². The molecule has 3 aromatic rings. The molecule has 2 N–H and O–H groups in total. The van der Waals surface area contributed by atoms with E-state index >= 15 is 0 Å². The van der Waals surface area contributed by atoms with E-state index in [2.05, 4.69) is 10.6 Å². The fraction of sp³-hybridized carbons (Fsp3) is 0.172. The van der Waals surface area contributed by atoms with Gasteiger partial charge in [0.05, 0.1) is 17.9 Å². The number of ether oxygens (including phenoxy) is 1. The van der Waals surface area contributed by atoms with E-state index in [1.807, 2.05) is 13.8 Å². The number of aryl methyl sites for hydroxylation is 1. The maximum atomic E-state index is 13.2. The molecule has 4 rings (SSSR count). The summed E-state index contributed by atoms with van der Waals surface area (Å²) in [6.45, 7) is 4.13. The number of carbonyl (C=O) groups excluding carboxylic acids is 4. The Morgan fingerprint density at radius 3 is 2.31 bits per heavy atom. The Morgan fingerprint density at radius 2 is 1.62 bits per heavy atom. The summed E-state index contributed by atoms with van der Waals surface area (Å²) in [5, 5.41) is 5.89. The molecule has 0 aromatic heterocycles. The van der Waals surface area contributed by atoms with Crippen LogP contribution in [0.15, 0.2) is 77.5 Å². The fourth-order valence-corrected chi connectivity index (χ4v) is 4.13. The Balaban J connectivity index is 1.45. The topological polar surface area (TPSA) is 105 Å². The first-order valence-corrected chi connectivity index (χ1v) is 13.0. The van der Waals surface area contributed by atoms with Crippen LogP contribution in [0.2, 0.25) is 5.02 Å². The van der Waals surface area contributed by atoms with Gasteiger partial charge >= 0.3 is 5.97 Å². The minimum atomic E-state index is -0.728. The molecule has 0 saturated carbocycles. The van der Waals surface area contributed by atoms with Crippen LogP contribution in [0.1, 0.15) is 46.0 Å². The molecule has 1 heterocycles. The first-order chi connectivity index (χ1) is 18.7. The lowest BCUT2D eigenvalue weighted by molar-refractivity contribution is -0.120. The van der Waals surface area contributed by atoms with E-state index < -0.39 is 17.8 Å². The highest BCUT2D eigenvalue weighted by Gasteiger charge is 2.39. The van der Waals surface area contributed by atoms with Crippen molar-refractivity contribution in [3.05, 3.63) is 99.2 Å². The molecule has 1 aliphatic heterocycles. The Labute approximate surface area is 235 Å². The predicted octanol–water partition coefficient (Wildman–Crippen LogP) is 6.29. The number of rotatable bonds is 9. The molecule has 8 nitrogen and oxygen atoms in total. The van der Waals surface area contributed by atoms with Crippen molar-refractivity contribution >= 4 is 64.0 Å². The molecule has 0 atom stereocenters. The third-order valence-corrected chi connectivity index (χ3v) is 6.70. The second-order valence-corrected chi connectivity index (χ2v) is 9.58.